The van der Waals surface area contributed by atoms with Crippen molar-refractivity contribution in [1.82, 2.24) is 5.32 Å². The van der Waals surface area contributed by atoms with Gasteiger partial charge in [0.15, 0.2) is 5.76 Å². The quantitative estimate of drug-likeness (QED) is 0.866. The van der Waals surface area contributed by atoms with E-state index < -0.39 is 0 Å². The summed E-state index contributed by atoms with van der Waals surface area (Å²) in [5.74, 6) is 0.750. The molecule has 1 aliphatic rings. The first kappa shape index (κ1) is 11.3. The third-order valence-electron chi connectivity index (χ3n) is 3.47. The molecule has 1 aromatic carbocycles. The van der Waals surface area contributed by atoms with Crippen molar-refractivity contribution in [3.63, 3.8) is 0 Å². The van der Waals surface area contributed by atoms with Crippen LogP contribution < -0.4 is 11.1 Å². The molecule has 1 amide bonds. The Kier molecular flexibility index (Phi) is 2.80. The molecule has 0 radical (unpaired) electrons. The highest BCUT2D eigenvalue weighted by Gasteiger charge is 2.26. The molecule has 0 saturated heterocycles. The predicted molar refractivity (Wildman–Crippen MR) is 69.2 cm³/mol. The van der Waals surface area contributed by atoms with Gasteiger partial charge >= 0.3 is 0 Å². The molecule has 0 atom stereocenters. The number of benzene rings is 1. The lowest BCUT2D eigenvalue weighted by atomic mass is 9.81. The highest BCUT2D eigenvalue weighted by Crippen LogP contribution is 2.24. The van der Waals surface area contributed by atoms with Crippen molar-refractivity contribution < 1.29 is 9.21 Å². The van der Waals surface area contributed by atoms with E-state index in [9.17, 15) is 4.79 Å². The molecule has 0 unspecified atom stereocenters. The van der Waals surface area contributed by atoms with E-state index >= 15 is 0 Å². The first-order valence-electron chi connectivity index (χ1n) is 6.25. The van der Waals surface area contributed by atoms with Crippen molar-refractivity contribution in [3.05, 3.63) is 36.1 Å². The minimum absolute atomic E-state index is 0.147. The topological polar surface area (TPSA) is 68.3 Å². The monoisotopic (exact) mass is 244 g/mol. The number of fused-ring (bicyclic) bond motifs is 1. The Bertz CT molecular complexity index is 537. The summed E-state index contributed by atoms with van der Waals surface area (Å²) >= 11 is 0. The van der Waals surface area contributed by atoms with Crippen LogP contribution in [0.4, 0.5) is 0 Å². The number of amides is 1. The predicted octanol–water partition coefficient (Wildman–Crippen LogP) is 1.90. The first-order valence-corrected chi connectivity index (χ1v) is 6.25. The second kappa shape index (κ2) is 4.46. The zero-order valence-electron chi connectivity index (χ0n) is 10.1. The van der Waals surface area contributed by atoms with Gasteiger partial charge in [0.25, 0.3) is 5.91 Å². The van der Waals surface area contributed by atoms with E-state index in [0.29, 0.717) is 24.3 Å². The summed E-state index contributed by atoms with van der Waals surface area (Å²) in [4.78, 5) is 11.9. The van der Waals surface area contributed by atoms with Crippen LogP contribution in [0.25, 0.3) is 11.0 Å². The molecule has 3 N–H and O–H groups in total. The lowest BCUT2D eigenvalue weighted by molar-refractivity contribution is 0.0910. The van der Waals surface area contributed by atoms with Crippen molar-refractivity contribution in [2.45, 2.75) is 18.9 Å². The van der Waals surface area contributed by atoms with Gasteiger partial charge in [0, 0.05) is 18.0 Å². The Morgan fingerprint density at radius 3 is 2.89 bits per heavy atom. The lowest BCUT2D eigenvalue weighted by Crippen LogP contribution is -2.42. The van der Waals surface area contributed by atoms with Crippen LogP contribution in [-0.4, -0.2) is 18.5 Å². The van der Waals surface area contributed by atoms with E-state index in [1.807, 2.05) is 24.3 Å². The molecule has 1 aliphatic carbocycles. The molecule has 0 bridgehead atoms. The third-order valence-corrected chi connectivity index (χ3v) is 3.47. The Morgan fingerprint density at radius 2 is 2.17 bits per heavy atom. The number of nitrogens with one attached hydrogen (secondary N) is 1. The second-order valence-corrected chi connectivity index (χ2v) is 4.96. The van der Waals surface area contributed by atoms with Crippen LogP contribution in [0.2, 0.25) is 0 Å². The second-order valence-electron chi connectivity index (χ2n) is 4.96. The molecule has 18 heavy (non-hydrogen) atoms. The SMILES string of the molecule is NC1CC(CNC(=O)c2cc3ccccc3o2)C1. The Morgan fingerprint density at radius 1 is 1.39 bits per heavy atom. The minimum atomic E-state index is -0.147. The van der Waals surface area contributed by atoms with Crippen molar-refractivity contribution in [2.75, 3.05) is 6.54 Å². The van der Waals surface area contributed by atoms with Crippen LogP contribution >= 0.6 is 0 Å². The van der Waals surface area contributed by atoms with Gasteiger partial charge in [-0.2, -0.15) is 0 Å². The molecule has 1 aromatic heterocycles. The first-order chi connectivity index (χ1) is 8.72. The average Bonchev–Trinajstić information content (AvgIpc) is 2.76. The molecule has 3 rings (SSSR count). The van der Waals surface area contributed by atoms with E-state index in [2.05, 4.69) is 5.32 Å². The summed E-state index contributed by atoms with van der Waals surface area (Å²) in [5.41, 5.74) is 6.45. The lowest BCUT2D eigenvalue weighted by Gasteiger charge is -2.32. The van der Waals surface area contributed by atoms with Crippen molar-refractivity contribution in [1.29, 1.82) is 0 Å². The largest absolute Gasteiger partial charge is 0.451 e. The number of nitrogens with two attached hydrogens (primary N) is 1. The summed E-state index contributed by atoms with van der Waals surface area (Å²) in [7, 11) is 0. The summed E-state index contributed by atoms with van der Waals surface area (Å²) in [5, 5.41) is 3.85. The maximum absolute atomic E-state index is 11.9. The number of hydrogen-bond acceptors (Lipinski definition) is 3. The zero-order chi connectivity index (χ0) is 12.5. The zero-order valence-corrected chi connectivity index (χ0v) is 10.1. The number of carbonyl (C=O) groups excluding carboxylic acids is 1. The molecule has 2 aromatic rings. The maximum atomic E-state index is 11.9. The van der Waals surface area contributed by atoms with Gasteiger partial charge in [0.05, 0.1) is 0 Å². The summed E-state index contributed by atoms with van der Waals surface area (Å²) in [6, 6.07) is 9.70. The fourth-order valence-electron chi connectivity index (χ4n) is 2.37. The number of rotatable bonds is 3. The molecular weight excluding hydrogens is 228 g/mol. The van der Waals surface area contributed by atoms with Gasteiger partial charge in [-0.05, 0) is 30.9 Å². The Hall–Kier alpha value is -1.81. The van der Waals surface area contributed by atoms with Gasteiger partial charge in [-0.15, -0.1) is 0 Å². The minimum Gasteiger partial charge on any atom is -0.451 e. The molecular formula is C14H16N2O2. The molecule has 4 nitrogen and oxygen atoms in total. The van der Waals surface area contributed by atoms with Crippen molar-refractivity contribution in [3.8, 4) is 0 Å². The van der Waals surface area contributed by atoms with Gasteiger partial charge in [0.2, 0.25) is 0 Å². The third kappa shape index (κ3) is 2.11. The molecule has 4 heteroatoms. The highest BCUT2D eigenvalue weighted by molar-refractivity contribution is 5.96. The molecule has 0 spiro atoms. The molecule has 1 saturated carbocycles. The fraction of sp³-hybridized carbons (Fsp3) is 0.357. The van der Waals surface area contributed by atoms with Gasteiger partial charge in [0.1, 0.15) is 5.58 Å². The fourth-order valence-corrected chi connectivity index (χ4v) is 2.37. The van der Waals surface area contributed by atoms with Crippen LogP contribution in [0.5, 0.6) is 0 Å². The normalized spacial score (nSPS) is 22.7. The van der Waals surface area contributed by atoms with E-state index in [4.69, 9.17) is 10.2 Å². The maximum Gasteiger partial charge on any atom is 0.287 e. The van der Waals surface area contributed by atoms with E-state index in [-0.39, 0.29) is 5.91 Å². The molecule has 1 heterocycles. The van der Waals surface area contributed by atoms with Crippen molar-refractivity contribution in [2.24, 2.45) is 11.7 Å². The van der Waals surface area contributed by atoms with Gasteiger partial charge in [-0.1, -0.05) is 18.2 Å². The summed E-state index contributed by atoms with van der Waals surface area (Å²) in [6.07, 6.45) is 2.00. The molecule has 94 valence electrons. The van der Waals surface area contributed by atoms with Crippen LogP contribution in [0.1, 0.15) is 23.4 Å². The molecule has 0 aliphatic heterocycles. The standard InChI is InChI=1S/C14H16N2O2/c15-11-5-9(6-11)8-16-14(17)13-7-10-3-1-2-4-12(10)18-13/h1-4,7,9,11H,5-6,8,15H2,(H,16,17). The van der Waals surface area contributed by atoms with E-state index in [1.165, 1.54) is 0 Å². The van der Waals surface area contributed by atoms with Gasteiger partial charge < -0.3 is 15.5 Å². The number of para-hydroxylation sites is 1. The van der Waals surface area contributed by atoms with Crippen LogP contribution in [0.15, 0.2) is 34.7 Å². The van der Waals surface area contributed by atoms with E-state index in [0.717, 1.165) is 23.8 Å². The number of hydrogen-bond donors (Lipinski definition) is 2. The molecule has 1 fully saturated rings. The average molecular weight is 244 g/mol. The Labute approximate surface area is 105 Å². The van der Waals surface area contributed by atoms with Gasteiger partial charge in [-0.3, -0.25) is 4.79 Å². The Balaban J connectivity index is 1.64. The van der Waals surface area contributed by atoms with Crippen molar-refractivity contribution >= 4 is 16.9 Å². The van der Waals surface area contributed by atoms with E-state index in [1.54, 1.807) is 6.07 Å². The highest BCUT2D eigenvalue weighted by atomic mass is 16.3. The van der Waals surface area contributed by atoms with Crippen LogP contribution in [-0.2, 0) is 0 Å². The summed E-state index contributed by atoms with van der Waals surface area (Å²) < 4.78 is 5.50. The smallest absolute Gasteiger partial charge is 0.287 e. The summed E-state index contributed by atoms with van der Waals surface area (Å²) in [6.45, 7) is 0.684. The number of furan rings is 1. The van der Waals surface area contributed by atoms with Crippen LogP contribution in [0.3, 0.4) is 0 Å². The van der Waals surface area contributed by atoms with Crippen LogP contribution in [0, 0.1) is 5.92 Å². The number of carbonyl (C=O) groups is 1. The van der Waals surface area contributed by atoms with Gasteiger partial charge in [-0.25, -0.2) is 0 Å².